The van der Waals surface area contributed by atoms with Gasteiger partial charge in [-0.1, -0.05) is 30.3 Å². The van der Waals surface area contributed by atoms with Crippen molar-refractivity contribution in [1.82, 2.24) is 15.3 Å². The van der Waals surface area contributed by atoms with E-state index in [0.29, 0.717) is 12.2 Å². The topological polar surface area (TPSA) is 80.9 Å². The number of nitrogens with one attached hydrogen (secondary N) is 1. The summed E-state index contributed by atoms with van der Waals surface area (Å²) >= 11 is 0. The number of anilines is 1. The summed E-state index contributed by atoms with van der Waals surface area (Å²) in [6, 6.07) is 9.53. The van der Waals surface area contributed by atoms with Crippen LogP contribution in [-0.2, 0) is 0 Å². The van der Waals surface area contributed by atoms with E-state index in [4.69, 9.17) is 5.73 Å². The monoisotopic (exact) mass is 242 g/mol. The third-order valence-electron chi connectivity index (χ3n) is 2.42. The highest BCUT2D eigenvalue weighted by Gasteiger charge is 2.13. The average Bonchev–Trinajstić information content (AvgIpc) is 2.40. The number of benzene rings is 1. The molecule has 3 N–H and O–H groups in total. The Hall–Kier alpha value is -2.43. The Kier molecular flexibility index (Phi) is 3.52. The molecule has 0 radical (unpaired) electrons. The van der Waals surface area contributed by atoms with Crippen LogP contribution in [0, 0.1) is 0 Å². The zero-order chi connectivity index (χ0) is 13.0. The SMILES string of the molecule is CCNC(=O)c1nc(-c2ccccc2)cnc1N. The summed E-state index contributed by atoms with van der Waals surface area (Å²) in [5, 5.41) is 2.66. The summed E-state index contributed by atoms with van der Waals surface area (Å²) in [6.45, 7) is 2.36. The second-order valence-electron chi connectivity index (χ2n) is 3.71. The van der Waals surface area contributed by atoms with Gasteiger partial charge < -0.3 is 11.1 Å². The van der Waals surface area contributed by atoms with E-state index in [1.807, 2.05) is 37.3 Å². The van der Waals surface area contributed by atoms with Gasteiger partial charge >= 0.3 is 0 Å². The van der Waals surface area contributed by atoms with Gasteiger partial charge in [-0.3, -0.25) is 4.79 Å². The maximum atomic E-state index is 11.8. The van der Waals surface area contributed by atoms with Crippen molar-refractivity contribution >= 4 is 11.7 Å². The van der Waals surface area contributed by atoms with Crippen LogP contribution < -0.4 is 11.1 Å². The third kappa shape index (κ3) is 2.45. The lowest BCUT2D eigenvalue weighted by molar-refractivity contribution is 0.0951. The fourth-order valence-corrected chi connectivity index (χ4v) is 1.56. The van der Waals surface area contributed by atoms with Gasteiger partial charge in [-0.05, 0) is 6.92 Å². The van der Waals surface area contributed by atoms with Gasteiger partial charge in [0.15, 0.2) is 11.5 Å². The summed E-state index contributed by atoms with van der Waals surface area (Å²) in [5.41, 5.74) is 7.36. The van der Waals surface area contributed by atoms with E-state index in [1.165, 1.54) is 0 Å². The predicted octanol–water partition coefficient (Wildman–Crippen LogP) is 1.48. The number of rotatable bonds is 3. The second-order valence-corrected chi connectivity index (χ2v) is 3.71. The molecule has 18 heavy (non-hydrogen) atoms. The maximum Gasteiger partial charge on any atom is 0.273 e. The molecule has 0 atom stereocenters. The first kappa shape index (κ1) is 12.0. The second kappa shape index (κ2) is 5.27. The normalized spacial score (nSPS) is 10.1. The minimum atomic E-state index is -0.305. The molecule has 0 spiro atoms. The Balaban J connectivity index is 2.41. The first-order chi connectivity index (χ1) is 8.72. The number of nitrogen functional groups attached to an aromatic ring is 1. The van der Waals surface area contributed by atoms with Crippen LogP contribution in [0.5, 0.6) is 0 Å². The van der Waals surface area contributed by atoms with Crippen LogP contribution in [0.25, 0.3) is 11.3 Å². The van der Waals surface area contributed by atoms with Gasteiger partial charge in [0.05, 0.1) is 11.9 Å². The lowest BCUT2D eigenvalue weighted by Gasteiger charge is -2.06. The Morgan fingerprint density at radius 3 is 2.72 bits per heavy atom. The number of nitrogens with two attached hydrogens (primary N) is 1. The number of nitrogens with zero attached hydrogens (tertiary/aromatic N) is 2. The van der Waals surface area contributed by atoms with Crippen LogP contribution in [0.1, 0.15) is 17.4 Å². The van der Waals surface area contributed by atoms with E-state index >= 15 is 0 Å². The summed E-state index contributed by atoms with van der Waals surface area (Å²) < 4.78 is 0. The minimum Gasteiger partial charge on any atom is -0.382 e. The molecule has 0 aliphatic rings. The molecule has 0 unspecified atom stereocenters. The van der Waals surface area contributed by atoms with Gasteiger partial charge in [-0.25, -0.2) is 9.97 Å². The van der Waals surface area contributed by atoms with Crippen molar-refractivity contribution in [3.05, 3.63) is 42.2 Å². The maximum absolute atomic E-state index is 11.8. The molecule has 0 saturated carbocycles. The van der Waals surface area contributed by atoms with Crippen molar-refractivity contribution in [2.45, 2.75) is 6.92 Å². The largest absolute Gasteiger partial charge is 0.382 e. The number of carbonyl (C=O) groups excluding carboxylic acids is 1. The molecule has 0 bridgehead atoms. The van der Waals surface area contributed by atoms with E-state index in [0.717, 1.165) is 5.56 Å². The predicted molar refractivity (Wildman–Crippen MR) is 69.9 cm³/mol. The van der Waals surface area contributed by atoms with Crippen molar-refractivity contribution < 1.29 is 4.79 Å². The highest BCUT2D eigenvalue weighted by molar-refractivity contribution is 5.96. The van der Waals surface area contributed by atoms with Crippen LogP contribution in [0.2, 0.25) is 0 Å². The van der Waals surface area contributed by atoms with Gasteiger partial charge in [-0.2, -0.15) is 0 Å². The quantitative estimate of drug-likeness (QED) is 0.854. The Bertz CT molecular complexity index is 554. The Morgan fingerprint density at radius 2 is 2.06 bits per heavy atom. The summed E-state index contributed by atoms with van der Waals surface area (Å²) in [4.78, 5) is 20.0. The molecule has 0 aliphatic carbocycles. The molecule has 1 aromatic heterocycles. The number of carbonyl (C=O) groups is 1. The zero-order valence-corrected chi connectivity index (χ0v) is 10.1. The Labute approximate surface area is 105 Å². The van der Waals surface area contributed by atoms with Crippen LogP contribution in [0.3, 0.4) is 0 Å². The van der Waals surface area contributed by atoms with Crippen LogP contribution in [0.4, 0.5) is 5.82 Å². The lowest BCUT2D eigenvalue weighted by atomic mass is 10.1. The zero-order valence-electron chi connectivity index (χ0n) is 10.1. The van der Waals surface area contributed by atoms with E-state index in [2.05, 4.69) is 15.3 Å². The fraction of sp³-hybridized carbons (Fsp3) is 0.154. The average molecular weight is 242 g/mol. The molecule has 1 aromatic carbocycles. The molecule has 0 saturated heterocycles. The summed E-state index contributed by atoms with van der Waals surface area (Å²) in [7, 11) is 0. The van der Waals surface area contributed by atoms with E-state index in [-0.39, 0.29) is 17.4 Å². The molecule has 0 aliphatic heterocycles. The van der Waals surface area contributed by atoms with Crippen molar-refractivity contribution in [3.63, 3.8) is 0 Å². The molecule has 92 valence electrons. The lowest BCUT2D eigenvalue weighted by Crippen LogP contribution is -2.25. The van der Waals surface area contributed by atoms with Crippen molar-refractivity contribution in [2.24, 2.45) is 0 Å². The molecule has 2 aromatic rings. The van der Waals surface area contributed by atoms with Crippen molar-refractivity contribution in [3.8, 4) is 11.3 Å². The standard InChI is InChI=1S/C13H14N4O/c1-2-15-13(18)11-12(14)16-8-10(17-11)9-6-4-3-5-7-9/h3-8H,2H2,1H3,(H2,14,16)(H,15,18). The van der Waals surface area contributed by atoms with E-state index in [1.54, 1.807) is 6.20 Å². The molecular weight excluding hydrogens is 228 g/mol. The first-order valence-electron chi connectivity index (χ1n) is 5.68. The van der Waals surface area contributed by atoms with Gasteiger partial charge in [0.1, 0.15) is 0 Å². The van der Waals surface area contributed by atoms with E-state index in [9.17, 15) is 4.79 Å². The van der Waals surface area contributed by atoms with Crippen molar-refractivity contribution in [1.29, 1.82) is 0 Å². The molecule has 1 amide bonds. The van der Waals surface area contributed by atoms with Gasteiger partial charge in [-0.15, -0.1) is 0 Å². The van der Waals surface area contributed by atoms with Crippen LogP contribution in [-0.4, -0.2) is 22.4 Å². The molecular formula is C13H14N4O. The number of aromatic nitrogens is 2. The number of hydrogen-bond acceptors (Lipinski definition) is 4. The highest BCUT2D eigenvalue weighted by atomic mass is 16.1. The summed E-state index contributed by atoms with van der Waals surface area (Å²) in [6.07, 6.45) is 1.56. The molecule has 1 heterocycles. The molecule has 2 rings (SSSR count). The summed E-state index contributed by atoms with van der Waals surface area (Å²) in [5.74, 6) is -0.166. The van der Waals surface area contributed by atoms with Gasteiger partial charge in [0.25, 0.3) is 5.91 Å². The van der Waals surface area contributed by atoms with Crippen LogP contribution >= 0.6 is 0 Å². The smallest absolute Gasteiger partial charge is 0.273 e. The molecule has 5 nitrogen and oxygen atoms in total. The Morgan fingerprint density at radius 1 is 1.33 bits per heavy atom. The number of amides is 1. The highest BCUT2D eigenvalue weighted by Crippen LogP contribution is 2.17. The van der Waals surface area contributed by atoms with Crippen LogP contribution in [0.15, 0.2) is 36.5 Å². The first-order valence-corrected chi connectivity index (χ1v) is 5.68. The van der Waals surface area contributed by atoms with Crippen molar-refractivity contribution in [2.75, 3.05) is 12.3 Å². The van der Waals surface area contributed by atoms with Gasteiger partial charge in [0.2, 0.25) is 0 Å². The fourth-order valence-electron chi connectivity index (χ4n) is 1.56. The van der Waals surface area contributed by atoms with Gasteiger partial charge in [0, 0.05) is 12.1 Å². The molecule has 5 heteroatoms. The minimum absolute atomic E-state index is 0.139. The number of hydrogen-bond donors (Lipinski definition) is 2. The molecule has 0 fully saturated rings. The van der Waals surface area contributed by atoms with E-state index < -0.39 is 0 Å². The third-order valence-corrected chi connectivity index (χ3v) is 2.42.